The normalized spacial score (nSPS) is 18.3. The number of piperidine rings is 1. The summed E-state index contributed by atoms with van der Waals surface area (Å²) in [5, 5.41) is 2.01. The number of imidazole rings is 1. The molecular weight excluding hydrogens is 400 g/mol. The van der Waals surface area contributed by atoms with E-state index in [2.05, 4.69) is 4.57 Å². The molecule has 1 aromatic heterocycles. The van der Waals surface area contributed by atoms with Gasteiger partial charge < -0.3 is 9.47 Å². The number of carbonyl (C=O) groups is 2. The first kappa shape index (κ1) is 19.0. The summed E-state index contributed by atoms with van der Waals surface area (Å²) in [6, 6.07) is 21.8. The van der Waals surface area contributed by atoms with Gasteiger partial charge in [-0.1, -0.05) is 48.5 Å². The van der Waals surface area contributed by atoms with E-state index < -0.39 is 0 Å². The van der Waals surface area contributed by atoms with Crippen molar-refractivity contribution in [2.24, 2.45) is 5.92 Å². The van der Waals surface area contributed by atoms with Crippen LogP contribution in [0.25, 0.3) is 21.8 Å². The second-order valence-corrected chi connectivity index (χ2v) is 8.66. The molecule has 32 heavy (non-hydrogen) atoms. The van der Waals surface area contributed by atoms with Crippen molar-refractivity contribution < 1.29 is 9.59 Å². The van der Waals surface area contributed by atoms with E-state index in [-0.39, 0.29) is 17.7 Å². The van der Waals surface area contributed by atoms with Crippen molar-refractivity contribution in [2.45, 2.75) is 19.4 Å². The van der Waals surface area contributed by atoms with Crippen LogP contribution >= 0.6 is 0 Å². The highest BCUT2D eigenvalue weighted by Crippen LogP contribution is 2.30. The van der Waals surface area contributed by atoms with E-state index >= 15 is 0 Å². The Hall–Kier alpha value is -3.67. The van der Waals surface area contributed by atoms with Crippen LogP contribution in [-0.4, -0.2) is 45.9 Å². The third kappa shape index (κ3) is 2.98. The molecule has 2 amide bonds. The minimum atomic E-state index is -0.200. The summed E-state index contributed by atoms with van der Waals surface area (Å²) < 4.78 is 2.12. The Bertz CT molecular complexity index is 1350. The van der Waals surface area contributed by atoms with Gasteiger partial charge in [0.25, 0.3) is 5.91 Å². The molecule has 6 nitrogen and oxygen atoms in total. The van der Waals surface area contributed by atoms with Crippen LogP contribution < -0.4 is 4.90 Å². The maximum Gasteiger partial charge on any atom is 0.254 e. The van der Waals surface area contributed by atoms with Gasteiger partial charge in [-0.25, -0.2) is 4.98 Å². The lowest BCUT2D eigenvalue weighted by Crippen LogP contribution is -2.46. The van der Waals surface area contributed by atoms with E-state index in [0.29, 0.717) is 25.2 Å². The van der Waals surface area contributed by atoms with Gasteiger partial charge in [0.15, 0.2) is 0 Å². The van der Waals surface area contributed by atoms with Crippen LogP contribution in [0.2, 0.25) is 0 Å². The third-order valence-electron chi connectivity index (χ3n) is 6.77. The van der Waals surface area contributed by atoms with E-state index in [0.717, 1.165) is 47.1 Å². The maximum absolute atomic E-state index is 13.5. The Morgan fingerprint density at radius 1 is 0.875 bits per heavy atom. The van der Waals surface area contributed by atoms with Crippen LogP contribution in [-0.2, 0) is 11.3 Å². The Balaban J connectivity index is 1.25. The molecule has 1 saturated heterocycles. The van der Waals surface area contributed by atoms with Crippen LogP contribution in [0.1, 0.15) is 23.2 Å². The highest BCUT2D eigenvalue weighted by Gasteiger charge is 2.36. The molecule has 2 aliphatic rings. The van der Waals surface area contributed by atoms with E-state index in [1.165, 1.54) is 0 Å². The molecule has 0 bridgehead atoms. The number of amides is 2. The average Bonchev–Trinajstić information content (AvgIpc) is 3.42. The average molecular weight is 425 g/mol. The number of anilines is 1. The minimum absolute atomic E-state index is 0.00737. The number of benzene rings is 3. The summed E-state index contributed by atoms with van der Waals surface area (Å²) in [5.41, 5.74) is 2.68. The largest absolute Gasteiger partial charge is 0.338 e. The summed E-state index contributed by atoms with van der Waals surface area (Å²) in [7, 11) is 0. The predicted molar refractivity (Wildman–Crippen MR) is 125 cm³/mol. The standard InChI is InChI=1S/C26H24N4O2/c31-24(30-16-15-29-23-13-4-3-12-22(23)27-26(29)30)19-9-6-14-28(17-19)25(32)21-11-5-8-18-7-1-2-10-20(18)21/h1-5,7-8,10-13,19H,6,9,14-17H2/t19-/m1/s1. The highest BCUT2D eigenvalue weighted by molar-refractivity contribution is 6.07. The topological polar surface area (TPSA) is 58.4 Å². The van der Waals surface area contributed by atoms with Crippen molar-refractivity contribution >= 4 is 39.6 Å². The van der Waals surface area contributed by atoms with Crippen LogP contribution in [0, 0.1) is 5.92 Å². The predicted octanol–water partition coefficient (Wildman–Crippen LogP) is 4.09. The third-order valence-corrected chi connectivity index (χ3v) is 6.77. The summed E-state index contributed by atoms with van der Waals surface area (Å²) in [6.45, 7) is 2.54. The Labute approximate surface area is 186 Å². The summed E-state index contributed by atoms with van der Waals surface area (Å²) >= 11 is 0. The van der Waals surface area contributed by atoms with E-state index in [9.17, 15) is 9.59 Å². The number of para-hydroxylation sites is 2. The molecule has 3 heterocycles. The van der Waals surface area contributed by atoms with Crippen LogP contribution in [0.3, 0.4) is 0 Å². The molecule has 0 radical (unpaired) electrons. The van der Waals surface area contributed by atoms with E-state index in [1.807, 2.05) is 76.5 Å². The molecule has 0 spiro atoms. The van der Waals surface area contributed by atoms with Crippen molar-refractivity contribution in [3.63, 3.8) is 0 Å². The second-order valence-electron chi connectivity index (χ2n) is 8.66. The fourth-order valence-electron chi connectivity index (χ4n) is 5.16. The molecular formula is C26H24N4O2. The van der Waals surface area contributed by atoms with Gasteiger partial charge >= 0.3 is 0 Å². The lowest BCUT2D eigenvalue weighted by molar-refractivity contribution is -0.123. The molecule has 1 fully saturated rings. The van der Waals surface area contributed by atoms with Crippen LogP contribution in [0.5, 0.6) is 0 Å². The lowest BCUT2D eigenvalue weighted by atomic mass is 9.95. The number of hydrogen-bond donors (Lipinski definition) is 0. The number of hydrogen-bond acceptors (Lipinski definition) is 3. The molecule has 0 N–H and O–H groups in total. The molecule has 0 saturated carbocycles. The Kier molecular flexibility index (Phi) is 4.45. The smallest absolute Gasteiger partial charge is 0.254 e. The number of likely N-dealkylation sites (tertiary alicyclic amines) is 1. The van der Waals surface area contributed by atoms with Crippen LogP contribution in [0.4, 0.5) is 5.95 Å². The molecule has 0 unspecified atom stereocenters. The van der Waals surface area contributed by atoms with Crippen molar-refractivity contribution in [1.29, 1.82) is 0 Å². The second kappa shape index (κ2) is 7.48. The maximum atomic E-state index is 13.5. The molecule has 160 valence electrons. The number of nitrogens with zero attached hydrogens (tertiary/aromatic N) is 4. The molecule has 4 aromatic rings. The first-order chi connectivity index (χ1) is 15.7. The zero-order valence-electron chi connectivity index (χ0n) is 17.8. The first-order valence-corrected chi connectivity index (χ1v) is 11.2. The number of aromatic nitrogens is 2. The van der Waals surface area contributed by atoms with Gasteiger partial charge in [-0.15, -0.1) is 0 Å². The molecule has 6 rings (SSSR count). The molecule has 6 heteroatoms. The van der Waals surface area contributed by atoms with Crippen molar-refractivity contribution in [2.75, 3.05) is 24.5 Å². The highest BCUT2D eigenvalue weighted by atomic mass is 16.2. The first-order valence-electron chi connectivity index (χ1n) is 11.2. The zero-order valence-corrected chi connectivity index (χ0v) is 17.8. The van der Waals surface area contributed by atoms with Gasteiger partial charge in [0.1, 0.15) is 0 Å². The van der Waals surface area contributed by atoms with E-state index in [1.54, 1.807) is 0 Å². The van der Waals surface area contributed by atoms with Crippen LogP contribution in [0.15, 0.2) is 66.7 Å². The van der Waals surface area contributed by atoms with Crippen molar-refractivity contribution in [1.82, 2.24) is 14.5 Å². The number of carbonyl (C=O) groups excluding carboxylic acids is 2. The fraction of sp³-hybridized carbons (Fsp3) is 0.269. The van der Waals surface area contributed by atoms with Gasteiger partial charge in [-0.2, -0.15) is 0 Å². The van der Waals surface area contributed by atoms with Crippen molar-refractivity contribution in [3.8, 4) is 0 Å². The number of fused-ring (bicyclic) bond motifs is 4. The van der Waals surface area contributed by atoms with Gasteiger partial charge in [0.2, 0.25) is 11.9 Å². The van der Waals surface area contributed by atoms with Gasteiger partial charge in [-0.05, 0) is 41.8 Å². The number of rotatable bonds is 2. The quantitative estimate of drug-likeness (QED) is 0.487. The zero-order chi connectivity index (χ0) is 21.7. The van der Waals surface area contributed by atoms with Gasteiger partial charge in [0.05, 0.1) is 17.0 Å². The summed E-state index contributed by atoms with van der Waals surface area (Å²) in [4.78, 5) is 35.3. The van der Waals surface area contributed by atoms with Gasteiger partial charge in [-0.3, -0.25) is 14.5 Å². The van der Waals surface area contributed by atoms with Gasteiger partial charge in [0, 0.05) is 31.7 Å². The SMILES string of the molecule is O=C(c1cccc2ccccc12)N1CCC[C@@H](C(=O)N2CCn3c2nc2ccccc23)C1. The monoisotopic (exact) mass is 424 g/mol. The Morgan fingerprint density at radius 2 is 1.69 bits per heavy atom. The van der Waals surface area contributed by atoms with Crippen molar-refractivity contribution in [3.05, 3.63) is 72.3 Å². The molecule has 3 aromatic carbocycles. The molecule has 0 aliphatic carbocycles. The molecule has 1 atom stereocenters. The lowest BCUT2D eigenvalue weighted by Gasteiger charge is -2.33. The molecule has 2 aliphatic heterocycles. The summed E-state index contributed by atoms with van der Waals surface area (Å²) in [5.74, 6) is 0.616. The van der Waals surface area contributed by atoms with E-state index in [4.69, 9.17) is 4.98 Å². The Morgan fingerprint density at radius 3 is 2.62 bits per heavy atom. The summed E-state index contributed by atoms with van der Waals surface area (Å²) in [6.07, 6.45) is 1.63. The fourth-order valence-corrected chi connectivity index (χ4v) is 5.16. The minimum Gasteiger partial charge on any atom is -0.338 e.